The van der Waals surface area contributed by atoms with E-state index in [1.54, 1.807) is 4.57 Å². The Hall–Kier alpha value is -2.27. The molecule has 0 aliphatic rings. The monoisotopic (exact) mass is 357 g/mol. The highest BCUT2D eigenvalue weighted by Crippen LogP contribution is 2.27. The van der Waals surface area contributed by atoms with Gasteiger partial charge >= 0.3 is 5.97 Å². The molecule has 0 atom stereocenters. The summed E-state index contributed by atoms with van der Waals surface area (Å²) in [7, 11) is 0. The largest absolute Gasteiger partial charge is 0.478 e. The van der Waals surface area contributed by atoms with Crippen LogP contribution in [0.25, 0.3) is 22.2 Å². The fraction of sp³-hybridized carbons (Fsp3) is 0.118. The molecular weight excluding hydrogens is 344 g/mol. The maximum absolute atomic E-state index is 11.2. The summed E-state index contributed by atoms with van der Waals surface area (Å²) in [5.74, 6) is -0.211. The first-order valence-corrected chi connectivity index (χ1v) is 7.62. The first-order valence-electron chi connectivity index (χ1n) is 6.83. The summed E-state index contributed by atoms with van der Waals surface area (Å²) in [6.07, 6.45) is 0. The molecule has 5 heteroatoms. The van der Waals surface area contributed by atoms with E-state index in [9.17, 15) is 9.90 Å². The number of aryl methyl sites for hydroxylation is 1. The van der Waals surface area contributed by atoms with Crippen LogP contribution in [-0.4, -0.2) is 16.1 Å². The normalized spacial score (nSPS) is 10.8. The van der Waals surface area contributed by atoms with E-state index in [4.69, 9.17) is 0 Å². The van der Waals surface area contributed by atoms with Crippen LogP contribution in [0.4, 0.5) is 0 Å². The first kappa shape index (κ1) is 14.7. The predicted molar refractivity (Wildman–Crippen MR) is 87.4 cm³/mol. The van der Waals surface area contributed by atoms with Crippen molar-refractivity contribution in [2.24, 2.45) is 0 Å². The van der Waals surface area contributed by atoms with Gasteiger partial charge in [0, 0.05) is 17.0 Å². The Balaban J connectivity index is 2.41. The quantitative estimate of drug-likeness (QED) is 0.731. The molecule has 1 N–H and O–H groups in total. The maximum Gasteiger partial charge on any atom is 0.346 e. The van der Waals surface area contributed by atoms with Crippen molar-refractivity contribution in [3.8, 4) is 11.3 Å². The molecule has 0 amide bonds. The smallest absolute Gasteiger partial charge is 0.346 e. The van der Waals surface area contributed by atoms with Crippen LogP contribution in [0.2, 0.25) is 0 Å². The zero-order valence-electron chi connectivity index (χ0n) is 12.0. The Morgan fingerprint density at radius 1 is 1.23 bits per heavy atom. The highest BCUT2D eigenvalue weighted by atomic mass is 79.9. The van der Waals surface area contributed by atoms with E-state index < -0.39 is 5.97 Å². The molecule has 4 nitrogen and oxygen atoms in total. The number of fused-ring (bicyclic) bond motifs is 1. The van der Waals surface area contributed by atoms with Gasteiger partial charge in [-0.25, -0.2) is 9.36 Å². The van der Waals surface area contributed by atoms with Crippen LogP contribution in [-0.2, 0) is 11.3 Å². The van der Waals surface area contributed by atoms with E-state index in [0.717, 1.165) is 26.6 Å². The van der Waals surface area contributed by atoms with Crippen LogP contribution in [0.15, 0.2) is 53.0 Å². The van der Waals surface area contributed by atoms with Crippen LogP contribution < -0.4 is 4.57 Å². The Kier molecular flexibility index (Phi) is 3.90. The van der Waals surface area contributed by atoms with Gasteiger partial charge in [0.15, 0.2) is 12.1 Å². The third-order valence-electron chi connectivity index (χ3n) is 3.50. The van der Waals surface area contributed by atoms with E-state index in [-0.39, 0.29) is 6.54 Å². The van der Waals surface area contributed by atoms with E-state index in [0.29, 0.717) is 5.82 Å². The summed E-state index contributed by atoms with van der Waals surface area (Å²) < 4.78 is 2.68. The van der Waals surface area contributed by atoms with Crippen LogP contribution in [0.5, 0.6) is 0 Å². The second-order valence-corrected chi connectivity index (χ2v) is 5.93. The van der Waals surface area contributed by atoms with Gasteiger partial charge in [-0.15, -0.1) is 0 Å². The minimum atomic E-state index is -0.888. The van der Waals surface area contributed by atoms with Gasteiger partial charge in [0.2, 0.25) is 0 Å². The molecule has 0 fully saturated rings. The van der Waals surface area contributed by atoms with Crippen LogP contribution in [0.3, 0.4) is 0 Å². The predicted octanol–water partition coefficient (Wildman–Crippen LogP) is 3.34. The van der Waals surface area contributed by atoms with Crippen molar-refractivity contribution in [2.75, 3.05) is 0 Å². The number of aliphatic carboxylic acids is 1. The highest BCUT2D eigenvalue weighted by molar-refractivity contribution is 9.10. The molecule has 0 spiro atoms. The summed E-state index contributed by atoms with van der Waals surface area (Å²) in [4.78, 5) is 15.8. The van der Waals surface area contributed by atoms with Gasteiger partial charge < -0.3 is 5.11 Å². The minimum absolute atomic E-state index is 0.120. The number of benzene rings is 2. The summed E-state index contributed by atoms with van der Waals surface area (Å²) in [6, 6.07) is 15.6. The summed E-state index contributed by atoms with van der Waals surface area (Å²) in [6.45, 7) is 1.71. The van der Waals surface area contributed by atoms with E-state index in [1.807, 2.05) is 55.5 Å². The molecule has 2 aromatic carbocycles. The average Bonchev–Trinajstić information content (AvgIpc) is 2.49. The fourth-order valence-corrected chi connectivity index (χ4v) is 2.93. The second-order valence-electron chi connectivity index (χ2n) is 5.02. The fourth-order valence-electron chi connectivity index (χ4n) is 2.57. The molecule has 0 unspecified atom stereocenters. The molecule has 1 heterocycles. The Morgan fingerprint density at radius 3 is 2.64 bits per heavy atom. The lowest BCUT2D eigenvalue weighted by atomic mass is 10.1. The Labute approximate surface area is 136 Å². The van der Waals surface area contributed by atoms with Crippen LogP contribution >= 0.6 is 15.9 Å². The van der Waals surface area contributed by atoms with Crippen molar-refractivity contribution >= 4 is 32.8 Å². The second kappa shape index (κ2) is 5.85. The summed E-state index contributed by atoms with van der Waals surface area (Å²) >= 11 is 3.48. The number of nitrogens with zero attached hydrogens (tertiary/aromatic N) is 2. The maximum atomic E-state index is 11.2. The molecule has 0 aliphatic heterocycles. The topological polar surface area (TPSA) is 54.1 Å². The third-order valence-corrected chi connectivity index (χ3v) is 3.99. The van der Waals surface area contributed by atoms with Crippen molar-refractivity contribution in [3.05, 3.63) is 58.8 Å². The molecule has 0 aliphatic carbocycles. The number of hydrogen-bond donors (Lipinski definition) is 1. The lowest BCUT2D eigenvalue weighted by molar-refractivity contribution is -0.682. The van der Waals surface area contributed by atoms with Crippen LogP contribution in [0.1, 0.15) is 5.82 Å². The molecule has 0 radical (unpaired) electrons. The van der Waals surface area contributed by atoms with Crippen LogP contribution in [0, 0.1) is 6.92 Å². The van der Waals surface area contributed by atoms with Gasteiger partial charge in [-0.2, -0.15) is 0 Å². The zero-order chi connectivity index (χ0) is 15.7. The number of rotatable bonds is 3. The zero-order valence-corrected chi connectivity index (χ0v) is 13.5. The number of aromatic nitrogens is 2. The average molecular weight is 358 g/mol. The van der Waals surface area contributed by atoms with Crippen molar-refractivity contribution in [2.45, 2.75) is 13.5 Å². The molecule has 1 aromatic heterocycles. The molecule has 110 valence electrons. The van der Waals surface area contributed by atoms with Gasteiger partial charge in [0.05, 0.1) is 5.39 Å². The molecule has 0 bridgehead atoms. The lowest BCUT2D eigenvalue weighted by Gasteiger charge is -2.10. The number of hydrogen-bond acceptors (Lipinski definition) is 2. The minimum Gasteiger partial charge on any atom is -0.478 e. The first-order chi connectivity index (χ1) is 10.6. The molecule has 3 aromatic rings. The van der Waals surface area contributed by atoms with Gasteiger partial charge in [-0.05, 0) is 23.2 Å². The SMILES string of the molecule is Cc1nc2ccc(Br)cc2c(-c2ccccc2)[n+]1CC(=O)O. The van der Waals surface area contributed by atoms with Crippen molar-refractivity contribution in [1.29, 1.82) is 0 Å². The summed E-state index contributed by atoms with van der Waals surface area (Å²) in [5, 5.41) is 10.2. The Morgan fingerprint density at radius 2 is 1.95 bits per heavy atom. The standard InChI is InChI=1S/C17H13BrN2O2/c1-11-19-15-8-7-13(18)9-14(15)17(20(11)10-16(21)22)12-5-3-2-4-6-12/h2-9H,10H2,1H3/p+1. The van der Waals surface area contributed by atoms with Gasteiger partial charge in [0.1, 0.15) is 5.69 Å². The number of carbonyl (C=O) groups is 1. The molecular formula is C17H14BrN2O2+. The van der Waals surface area contributed by atoms with E-state index in [2.05, 4.69) is 20.9 Å². The van der Waals surface area contributed by atoms with Gasteiger partial charge in [-0.1, -0.05) is 46.3 Å². The molecule has 0 saturated carbocycles. The molecule has 0 saturated heterocycles. The number of carboxylic acid groups (broad SMARTS) is 1. The number of carboxylic acids is 1. The van der Waals surface area contributed by atoms with E-state index >= 15 is 0 Å². The lowest BCUT2D eigenvalue weighted by Crippen LogP contribution is -2.44. The number of halogens is 1. The molecule has 3 rings (SSSR count). The summed E-state index contributed by atoms with van der Waals surface area (Å²) in [5.41, 5.74) is 2.69. The van der Waals surface area contributed by atoms with Crippen molar-refractivity contribution in [3.63, 3.8) is 0 Å². The Bertz CT molecular complexity index is 863. The third kappa shape index (κ3) is 2.72. The molecule has 22 heavy (non-hydrogen) atoms. The van der Waals surface area contributed by atoms with Gasteiger partial charge in [-0.3, -0.25) is 0 Å². The highest BCUT2D eigenvalue weighted by Gasteiger charge is 2.22. The van der Waals surface area contributed by atoms with Gasteiger partial charge in [0.25, 0.3) is 5.82 Å². The van der Waals surface area contributed by atoms with Crippen molar-refractivity contribution in [1.82, 2.24) is 4.98 Å². The van der Waals surface area contributed by atoms with E-state index in [1.165, 1.54) is 0 Å². The van der Waals surface area contributed by atoms with Crippen molar-refractivity contribution < 1.29 is 14.5 Å².